The van der Waals surface area contributed by atoms with Gasteiger partial charge in [-0.15, -0.1) is 0 Å². The second kappa shape index (κ2) is 10.3. The molecule has 1 amide bonds. The lowest BCUT2D eigenvalue weighted by Crippen LogP contribution is -2.53. The molecule has 18 heavy (non-hydrogen) atoms. The van der Waals surface area contributed by atoms with Gasteiger partial charge < -0.3 is 20.5 Å². The van der Waals surface area contributed by atoms with Crippen LogP contribution in [0.15, 0.2) is 0 Å². The molecule has 0 rings (SSSR count). The number of methoxy groups -OCH3 is 1. The van der Waals surface area contributed by atoms with E-state index in [1.165, 1.54) is 0 Å². The van der Waals surface area contributed by atoms with Crippen LogP contribution in [-0.4, -0.2) is 44.9 Å². The minimum Gasteiger partial charge on any atom is -0.382 e. The number of hydrogen-bond donors (Lipinski definition) is 2. The van der Waals surface area contributed by atoms with E-state index in [0.717, 1.165) is 32.2 Å². The standard InChI is InChI=1S/C13H28N2O3/c1-4-8-15-13(2,12(14)16)7-5-6-9-18-11-10-17-3/h15H,4-11H2,1-3H3,(H2,14,16). The Labute approximate surface area is 110 Å². The van der Waals surface area contributed by atoms with Crippen LogP contribution in [0.3, 0.4) is 0 Å². The first-order valence-corrected chi connectivity index (χ1v) is 6.68. The van der Waals surface area contributed by atoms with Gasteiger partial charge in [-0.25, -0.2) is 0 Å². The highest BCUT2D eigenvalue weighted by Crippen LogP contribution is 2.13. The van der Waals surface area contributed by atoms with Crippen molar-refractivity contribution in [3.63, 3.8) is 0 Å². The smallest absolute Gasteiger partial charge is 0.237 e. The number of nitrogens with two attached hydrogens (primary N) is 1. The Morgan fingerprint density at radius 2 is 2.00 bits per heavy atom. The Hall–Kier alpha value is -0.650. The lowest BCUT2D eigenvalue weighted by atomic mass is 9.94. The highest BCUT2D eigenvalue weighted by atomic mass is 16.5. The Bertz CT molecular complexity index is 224. The van der Waals surface area contributed by atoms with Crippen molar-refractivity contribution in [2.24, 2.45) is 5.73 Å². The van der Waals surface area contributed by atoms with E-state index in [1.54, 1.807) is 7.11 Å². The molecule has 0 aliphatic heterocycles. The molecule has 5 heteroatoms. The molecule has 0 spiro atoms. The van der Waals surface area contributed by atoms with Crippen LogP contribution in [0.4, 0.5) is 0 Å². The van der Waals surface area contributed by atoms with Gasteiger partial charge in [0.2, 0.25) is 5.91 Å². The molecule has 0 aromatic rings. The molecule has 0 bridgehead atoms. The van der Waals surface area contributed by atoms with E-state index in [0.29, 0.717) is 19.8 Å². The number of unbranched alkanes of at least 4 members (excludes halogenated alkanes) is 1. The minimum absolute atomic E-state index is 0.281. The minimum atomic E-state index is -0.595. The molecule has 0 saturated heterocycles. The van der Waals surface area contributed by atoms with Gasteiger partial charge in [-0.1, -0.05) is 6.92 Å². The van der Waals surface area contributed by atoms with Gasteiger partial charge in [0, 0.05) is 13.7 Å². The Balaban J connectivity index is 3.73. The lowest BCUT2D eigenvalue weighted by Gasteiger charge is -2.27. The zero-order valence-corrected chi connectivity index (χ0v) is 12.0. The van der Waals surface area contributed by atoms with Gasteiger partial charge in [0.05, 0.1) is 18.8 Å². The van der Waals surface area contributed by atoms with Crippen LogP contribution in [0.1, 0.15) is 39.5 Å². The van der Waals surface area contributed by atoms with Crippen LogP contribution in [0.25, 0.3) is 0 Å². The summed E-state index contributed by atoms with van der Waals surface area (Å²) in [5.41, 5.74) is 4.85. The van der Waals surface area contributed by atoms with Crippen LogP contribution in [0.2, 0.25) is 0 Å². The first-order chi connectivity index (χ1) is 8.56. The van der Waals surface area contributed by atoms with Crippen LogP contribution in [0.5, 0.6) is 0 Å². The summed E-state index contributed by atoms with van der Waals surface area (Å²) in [6.07, 6.45) is 3.59. The number of rotatable bonds is 12. The van der Waals surface area contributed by atoms with E-state index in [2.05, 4.69) is 12.2 Å². The van der Waals surface area contributed by atoms with E-state index in [9.17, 15) is 4.79 Å². The largest absolute Gasteiger partial charge is 0.382 e. The maximum absolute atomic E-state index is 11.4. The van der Waals surface area contributed by atoms with Crippen molar-refractivity contribution in [2.45, 2.75) is 45.1 Å². The molecule has 0 heterocycles. The van der Waals surface area contributed by atoms with E-state index >= 15 is 0 Å². The van der Waals surface area contributed by atoms with Crippen LogP contribution < -0.4 is 11.1 Å². The molecule has 1 unspecified atom stereocenters. The fourth-order valence-corrected chi connectivity index (χ4v) is 1.63. The second-order valence-corrected chi connectivity index (χ2v) is 4.69. The first kappa shape index (κ1) is 17.4. The molecule has 5 nitrogen and oxygen atoms in total. The summed E-state index contributed by atoms with van der Waals surface area (Å²) in [5.74, 6) is -0.281. The van der Waals surface area contributed by atoms with Crippen molar-refractivity contribution >= 4 is 5.91 Å². The third-order valence-corrected chi connectivity index (χ3v) is 2.96. The topological polar surface area (TPSA) is 73.6 Å². The van der Waals surface area contributed by atoms with Gasteiger partial charge >= 0.3 is 0 Å². The zero-order valence-electron chi connectivity index (χ0n) is 12.0. The number of carbonyl (C=O) groups excluding carboxylic acids is 1. The number of amides is 1. The third kappa shape index (κ3) is 7.63. The zero-order chi connectivity index (χ0) is 13.9. The van der Waals surface area contributed by atoms with Crippen molar-refractivity contribution in [1.29, 1.82) is 0 Å². The van der Waals surface area contributed by atoms with Gasteiger partial charge in [0.15, 0.2) is 0 Å². The fourth-order valence-electron chi connectivity index (χ4n) is 1.63. The van der Waals surface area contributed by atoms with E-state index < -0.39 is 5.54 Å². The maximum atomic E-state index is 11.4. The number of ether oxygens (including phenoxy) is 2. The first-order valence-electron chi connectivity index (χ1n) is 6.68. The van der Waals surface area contributed by atoms with Crippen LogP contribution >= 0.6 is 0 Å². The predicted molar refractivity (Wildman–Crippen MR) is 72.4 cm³/mol. The molecule has 108 valence electrons. The number of carbonyl (C=O) groups is 1. The van der Waals surface area contributed by atoms with Gasteiger partial charge in [-0.2, -0.15) is 0 Å². The van der Waals surface area contributed by atoms with Crippen LogP contribution in [-0.2, 0) is 14.3 Å². The van der Waals surface area contributed by atoms with Gasteiger partial charge in [0.1, 0.15) is 0 Å². The molecule has 0 saturated carbocycles. The Morgan fingerprint density at radius 3 is 2.56 bits per heavy atom. The monoisotopic (exact) mass is 260 g/mol. The Kier molecular flexibility index (Phi) is 9.92. The highest BCUT2D eigenvalue weighted by Gasteiger charge is 2.29. The summed E-state index contributed by atoms with van der Waals surface area (Å²) in [5, 5.41) is 3.22. The Morgan fingerprint density at radius 1 is 1.28 bits per heavy atom. The van der Waals surface area contributed by atoms with Gasteiger partial charge in [-0.05, 0) is 39.2 Å². The summed E-state index contributed by atoms with van der Waals surface area (Å²) >= 11 is 0. The molecule has 3 N–H and O–H groups in total. The molecule has 0 aromatic heterocycles. The second-order valence-electron chi connectivity index (χ2n) is 4.69. The number of nitrogens with one attached hydrogen (secondary N) is 1. The average molecular weight is 260 g/mol. The summed E-state index contributed by atoms with van der Waals surface area (Å²) in [6.45, 7) is 6.69. The maximum Gasteiger partial charge on any atom is 0.237 e. The van der Waals surface area contributed by atoms with Gasteiger partial charge in [-0.3, -0.25) is 4.79 Å². The van der Waals surface area contributed by atoms with Crippen molar-refractivity contribution in [3.8, 4) is 0 Å². The molecular formula is C13H28N2O3. The van der Waals surface area contributed by atoms with Crippen molar-refractivity contribution < 1.29 is 14.3 Å². The summed E-state index contributed by atoms with van der Waals surface area (Å²) < 4.78 is 10.3. The molecule has 0 radical (unpaired) electrons. The summed E-state index contributed by atoms with van der Waals surface area (Å²) in [7, 11) is 1.65. The summed E-state index contributed by atoms with van der Waals surface area (Å²) in [4.78, 5) is 11.4. The molecule has 0 aliphatic carbocycles. The molecule has 0 aliphatic rings. The highest BCUT2D eigenvalue weighted by molar-refractivity contribution is 5.84. The molecular weight excluding hydrogens is 232 g/mol. The third-order valence-electron chi connectivity index (χ3n) is 2.96. The molecule has 1 atom stereocenters. The fraction of sp³-hybridized carbons (Fsp3) is 0.923. The molecule has 0 aromatic carbocycles. The summed E-state index contributed by atoms with van der Waals surface area (Å²) in [6, 6.07) is 0. The van der Waals surface area contributed by atoms with E-state index in [1.807, 2.05) is 6.92 Å². The quantitative estimate of drug-likeness (QED) is 0.515. The van der Waals surface area contributed by atoms with Crippen molar-refractivity contribution in [3.05, 3.63) is 0 Å². The van der Waals surface area contributed by atoms with E-state index in [-0.39, 0.29) is 5.91 Å². The predicted octanol–water partition coefficient (Wildman–Crippen LogP) is 1.06. The van der Waals surface area contributed by atoms with E-state index in [4.69, 9.17) is 15.2 Å². The SMILES string of the molecule is CCCNC(C)(CCCCOCCOC)C(N)=O. The average Bonchev–Trinajstić information content (AvgIpc) is 2.35. The number of primary amides is 1. The number of hydrogen-bond acceptors (Lipinski definition) is 4. The lowest BCUT2D eigenvalue weighted by molar-refractivity contribution is -0.124. The molecule has 0 fully saturated rings. The van der Waals surface area contributed by atoms with Crippen molar-refractivity contribution in [1.82, 2.24) is 5.32 Å². The normalized spacial score (nSPS) is 14.4. The van der Waals surface area contributed by atoms with Gasteiger partial charge in [0.25, 0.3) is 0 Å². The van der Waals surface area contributed by atoms with Crippen LogP contribution in [0, 0.1) is 0 Å². The van der Waals surface area contributed by atoms with Crippen molar-refractivity contribution in [2.75, 3.05) is 33.5 Å².